The number of hydrogen-bond donors (Lipinski definition) is 1. The molecule has 0 saturated carbocycles. The van der Waals surface area contributed by atoms with Crippen LogP contribution >= 0.6 is 50.5 Å². The Morgan fingerprint density at radius 1 is 1.37 bits per heavy atom. The van der Waals surface area contributed by atoms with E-state index >= 15 is 0 Å². The number of thiophene rings is 1. The van der Waals surface area contributed by atoms with Gasteiger partial charge in [0.1, 0.15) is 4.21 Å². The van der Waals surface area contributed by atoms with Crippen LogP contribution in [0, 0.1) is 6.92 Å². The van der Waals surface area contributed by atoms with Crippen LogP contribution in [0.2, 0.25) is 9.49 Å². The highest BCUT2D eigenvalue weighted by atomic mass is 79.9. The first-order valence-corrected chi connectivity index (χ1v) is 8.74. The number of halogens is 3. The molecule has 0 unspecified atom stereocenters. The van der Waals surface area contributed by atoms with Gasteiger partial charge in [-0.2, -0.15) is 0 Å². The topological polar surface area (TPSA) is 59.1 Å². The normalized spacial score (nSPS) is 11.6. The van der Waals surface area contributed by atoms with Gasteiger partial charge in [0.05, 0.1) is 10.0 Å². The van der Waals surface area contributed by atoms with Crippen LogP contribution in [0.1, 0.15) is 5.56 Å². The highest BCUT2D eigenvalue weighted by Crippen LogP contribution is 2.32. The van der Waals surface area contributed by atoms with Crippen molar-refractivity contribution in [3.8, 4) is 0 Å². The van der Waals surface area contributed by atoms with Crippen molar-refractivity contribution in [1.82, 2.24) is 4.98 Å². The molecule has 0 fully saturated rings. The maximum Gasteiger partial charge on any atom is 0.271 e. The Balaban J connectivity index is 2.39. The summed E-state index contributed by atoms with van der Waals surface area (Å²) in [5, 5.41) is 0.0751. The molecule has 2 aromatic heterocycles. The summed E-state index contributed by atoms with van der Waals surface area (Å²) in [6.45, 7) is 1.74. The second-order valence-electron chi connectivity index (χ2n) is 3.62. The van der Waals surface area contributed by atoms with Gasteiger partial charge in [-0.25, -0.2) is 13.4 Å². The molecule has 19 heavy (non-hydrogen) atoms. The van der Waals surface area contributed by atoms with E-state index in [1.165, 1.54) is 18.3 Å². The van der Waals surface area contributed by atoms with Gasteiger partial charge in [0.15, 0.2) is 5.15 Å². The molecule has 0 saturated heterocycles. The summed E-state index contributed by atoms with van der Waals surface area (Å²) in [6.07, 6.45) is 1.48. The largest absolute Gasteiger partial charge is 0.276 e. The maximum atomic E-state index is 12.2. The van der Waals surface area contributed by atoms with Crippen molar-refractivity contribution in [2.24, 2.45) is 0 Å². The van der Waals surface area contributed by atoms with Gasteiger partial charge in [-0.1, -0.05) is 23.2 Å². The Morgan fingerprint density at radius 2 is 2.05 bits per heavy atom. The second kappa shape index (κ2) is 5.57. The van der Waals surface area contributed by atoms with E-state index in [0.29, 0.717) is 14.4 Å². The van der Waals surface area contributed by atoms with Crippen molar-refractivity contribution in [2.75, 3.05) is 4.72 Å². The van der Waals surface area contributed by atoms with Crippen molar-refractivity contribution in [3.05, 3.63) is 37.9 Å². The first-order valence-electron chi connectivity index (χ1n) is 4.89. The number of aromatic nitrogens is 1. The van der Waals surface area contributed by atoms with E-state index in [-0.39, 0.29) is 15.0 Å². The Hall–Kier alpha value is -0.340. The molecule has 2 heterocycles. The smallest absolute Gasteiger partial charge is 0.271 e. The zero-order chi connectivity index (χ0) is 14.2. The van der Waals surface area contributed by atoms with E-state index in [4.69, 9.17) is 23.2 Å². The van der Waals surface area contributed by atoms with Crippen LogP contribution < -0.4 is 4.72 Å². The predicted molar refractivity (Wildman–Crippen MR) is 81.8 cm³/mol. The molecule has 2 aromatic rings. The minimum atomic E-state index is -3.72. The number of aryl methyl sites for hydroxylation is 1. The summed E-state index contributed by atoms with van der Waals surface area (Å²) in [6, 6.07) is 3.05. The summed E-state index contributed by atoms with van der Waals surface area (Å²) in [7, 11) is -3.72. The fourth-order valence-corrected chi connectivity index (χ4v) is 4.56. The Kier molecular flexibility index (Phi) is 4.42. The van der Waals surface area contributed by atoms with Gasteiger partial charge in [0.25, 0.3) is 10.0 Å². The van der Waals surface area contributed by atoms with E-state index in [0.717, 1.165) is 11.3 Å². The van der Waals surface area contributed by atoms with Crippen LogP contribution in [0.25, 0.3) is 0 Å². The first kappa shape index (κ1) is 15.1. The summed E-state index contributed by atoms with van der Waals surface area (Å²) in [5.41, 5.74) is 0.920. The van der Waals surface area contributed by atoms with Crippen LogP contribution in [-0.2, 0) is 10.0 Å². The predicted octanol–water partition coefficient (Wildman–Crippen LogP) is 4.32. The summed E-state index contributed by atoms with van der Waals surface area (Å²) in [5.74, 6) is 0. The number of nitrogens with one attached hydrogen (secondary N) is 1. The molecular weight excluding hydrogens is 395 g/mol. The fraction of sp³-hybridized carbons (Fsp3) is 0.100. The zero-order valence-electron chi connectivity index (χ0n) is 9.45. The number of anilines is 1. The van der Waals surface area contributed by atoms with Gasteiger partial charge in [-0.3, -0.25) is 4.72 Å². The van der Waals surface area contributed by atoms with Crippen LogP contribution in [-0.4, -0.2) is 13.4 Å². The third-order valence-electron chi connectivity index (χ3n) is 2.15. The molecule has 0 amide bonds. The number of rotatable bonds is 3. The van der Waals surface area contributed by atoms with Gasteiger partial charge >= 0.3 is 0 Å². The molecule has 0 aromatic carbocycles. The van der Waals surface area contributed by atoms with E-state index in [1.54, 1.807) is 6.92 Å². The van der Waals surface area contributed by atoms with Gasteiger partial charge < -0.3 is 0 Å². The summed E-state index contributed by atoms with van der Waals surface area (Å²) in [4.78, 5) is 3.85. The van der Waals surface area contributed by atoms with Crippen LogP contribution in [0.3, 0.4) is 0 Å². The van der Waals surface area contributed by atoms with Crippen molar-refractivity contribution in [2.45, 2.75) is 11.1 Å². The van der Waals surface area contributed by atoms with E-state index < -0.39 is 10.0 Å². The third-order valence-corrected chi connectivity index (χ3v) is 6.28. The fourth-order valence-electron chi connectivity index (χ4n) is 1.25. The zero-order valence-corrected chi connectivity index (χ0v) is 14.2. The van der Waals surface area contributed by atoms with Crippen LogP contribution in [0.15, 0.2) is 27.0 Å². The van der Waals surface area contributed by atoms with Crippen molar-refractivity contribution in [3.63, 3.8) is 0 Å². The number of sulfonamides is 1. The average molecular weight is 402 g/mol. The molecule has 9 heteroatoms. The number of pyridine rings is 1. The maximum absolute atomic E-state index is 12.2. The molecule has 0 radical (unpaired) electrons. The number of hydrogen-bond acceptors (Lipinski definition) is 4. The lowest BCUT2D eigenvalue weighted by Crippen LogP contribution is -2.12. The minimum absolute atomic E-state index is 0.0751. The lowest BCUT2D eigenvalue weighted by molar-refractivity contribution is 0.603. The SMILES string of the molecule is Cc1cc(S(=O)(=O)Nc2cc(Br)cnc2Cl)sc1Cl. The molecule has 0 spiro atoms. The van der Waals surface area contributed by atoms with Crippen LogP contribution in [0.4, 0.5) is 5.69 Å². The van der Waals surface area contributed by atoms with E-state index in [2.05, 4.69) is 25.6 Å². The highest BCUT2D eigenvalue weighted by Gasteiger charge is 2.20. The lowest BCUT2D eigenvalue weighted by atomic mass is 10.4. The lowest BCUT2D eigenvalue weighted by Gasteiger charge is -2.07. The second-order valence-corrected chi connectivity index (χ2v) is 8.46. The third kappa shape index (κ3) is 3.41. The molecule has 0 atom stereocenters. The molecule has 0 aliphatic rings. The summed E-state index contributed by atoms with van der Waals surface area (Å²) >= 11 is 15.9. The monoisotopic (exact) mass is 400 g/mol. The van der Waals surface area contributed by atoms with E-state index in [9.17, 15) is 8.42 Å². The molecule has 4 nitrogen and oxygen atoms in total. The average Bonchev–Trinajstić information content (AvgIpc) is 2.65. The van der Waals surface area contributed by atoms with E-state index in [1.807, 2.05) is 0 Å². The van der Waals surface area contributed by atoms with Crippen molar-refractivity contribution < 1.29 is 8.42 Å². The Labute approximate surface area is 132 Å². The molecule has 0 aliphatic carbocycles. The molecule has 0 aliphatic heterocycles. The standard InChI is InChI=1S/C10H7BrCl2N2O2S2/c1-5-2-8(18-10(5)13)19(16,17)15-7-3-6(11)4-14-9(7)12/h2-4,15H,1H3. The Bertz CT molecular complexity index is 712. The molecule has 0 bridgehead atoms. The molecule has 2 rings (SSSR count). The van der Waals surface area contributed by atoms with Crippen molar-refractivity contribution >= 4 is 66.2 Å². The molecule has 1 N–H and O–H groups in total. The van der Waals surface area contributed by atoms with Gasteiger partial charge in [0, 0.05) is 10.7 Å². The highest BCUT2D eigenvalue weighted by molar-refractivity contribution is 9.10. The molecular formula is C10H7BrCl2N2O2S2. The first-order chi connectivity index (χ1) is 8.79. The minimum Gasteiger partial charge on any atom is -0.276 e. The van der Waals surface area contributed by atoms with Gasteiger partial charge in [-0.05, 0) is 40.5 Å². The molecule has 102 valence electrons. The number of nitrogens with zero attached hydrogens (tertiary/aromatic N) is 1. The summed E-state index contributed by atoms with van der Waals surface area (Å²) < 4.78 is 27.9. The van der Waals surface area contributed by atoms with Crippen molar-refractivity contribution in [1.29, 1.82) is 0 Å². The Morgan fingerprint density at radius 3 is 2.63 bits per heavy atom. The van der Waals surface area contributed by atoms with Crippen LogP contribution in [0.5, 0.6) is 0 Å². The van der Waals surface area contributed by atoms with Gasteiger partial charge in [0.2, 0.25) is 0 Å². The van der Waals surface area contributed by atoms with Gasteiger partial charge in [-0.15, -0.1) is 11.3 Å². The quantitative estimate of drug-likeness (QED) is 0.779.